The third kappa shape index (κ3) is 1.98. The summed E-state index contributed by atoms with van der Waals surface area (Å²) in [6.45, 7) is 9.58. The number of nitrogens with zero attached hydrogens (tertiary/aromatic N) is 2. The number of aryl methyl sites for hydroxylation is 1. The van der Waals surface area contributed by atoms with Crippen LogP contribution in [0.2, 0.25) is 0 Å². The van der Waals surface area contributed by atoms with Crippen LogP contribution in [0.15, 0.2) is 4.47 Å². The van der Waals surface area contributed by atoms with Crippen molar-refractivity contribution in [2.45, 2.75) is 39.7 Å². The minimum atomic E-state index is 0.115. The smallest absolute Gasteiger partial charge is 0.165 e. The van der Waals surface area contributed by atoms with E-state index in [0.717, 1.165) is 16.7 Å². The fourth-order valence-corrected chi connectivity index (χ4v) is 2.19. The van der Waals surface area contributed by atoms with E-state index in [9.17, 15) is 0 Å². The van der Waals surface area contributed by atoms with Gasteiger partial charge in [-0.05, 0) is 22.9 Å². The van der Waals surface area contributed by atoms with Crippen LogP contribution in [0.5, 0.6) is 0 Å². The first-order chi connectivity index (χ1) is 5.88. The zero-order valence-corrected chi connectivity index (χ0v) is 10.6. The van der Waals surface area contributed by atoms with Crippen molar-refractivity contribution in [1.29, 1.82) is 0 Å². The van der Waals surface area contributed by atoms with Gasteiger partial charge in [-0.1, -0.05) is 20.8 Å². The van der Waals surface area contributed by atoms with E-state index in [2.05, 4.69) is 56.6 Å². The summed E-state index contributed by atoms with van der Waals surface area (Å²) in [6.07, 6.45) is 0. The lowest BCUT2D eigenvalue weighted by atomic mass is 9.90. The van der Waals surface area contributed by atoms with Crippen molar-refractivity contribution in [3.63, 3.8) is 0 Å². The zero-order chi connectivity index (χ0) is 10.2. The minimum Gasteiger partial charge on any atom is -0.278 e. The molecule has 0 spiro atoms. The van der Waals surface area contributed by atoms with Crippen LogP contribution < -0.4 is 5.59 Å². The second-order valence-electron chi connectivity index (χ2n) is 4.31. The predicted molar refractivity (Wildman–Crippen MR) is 62.5 cm³/mol. The third-order valence-corrected chi connectivity index (χ3v) is 3.09. The van der Waals surface area contributed by atoms with Crippen LogP contribution in [0.25, 0.3) is 0 Å². The molecule has 0 amide bonds. The summed E-state index contributed by atoms with van der Waals surface area (Å²) >= 11 is 3.59. The molecule has 0 radical (unpaired) electrons. The van der Waals surface area contributed by atoms with Gasteiger partial charge >= 0.3 is 0 Å². The van der Waals surface area contributed by atoms with E-state index < -0.39 is 0 Å². The Hall–Kier alpha value is -0.245. The van der Waals surface area contributed by atoms with Gasteiger partial charge < -0.3 is 0 Å². The molecule has 72 valence electrons. The van der Waals surface area contributed by atoms with Crippen molar-refractivity contribution >= 4 is 29.4 Å². The highest BCUT2D eigenvalue weighted by Crippen LogP contribution is 2.26. The fourth-order valence-electron chi connectivity index (χ4n) is 1.31. The van der Waals surface area contributed by atoms with E-state index in [1.54, 1.807) is 0 Å². The molecule has 0 fully saturated rings. The normalized spacial score (nSPS) is 12.1. The lowest BCUT2D eigenvalue weighted by Crippen LogP contribution is -2.17. The molecule has 0 unspecified atom stereocenters. The van der Waals surface area contributed by atoms with Crippen molar-refractivity contribution in [3.05, 3.63) is 10.2 Å². The van der Waals surface area contributed by atoms with Gasteiger partial charge in [0.15, 0.2) is 7.85 Å². The van der Waals surface area contributed by atoms with Crippen LogP contribution in [0, 0.1) is 0 Å². The van der Waals surface area contributed by atoms with Crippen molar-refractivity contribution < 1.29 is 0 Å². The molecule has 1 heterocycles. The molecule has 0 aliphatic carbocycles. The highest BCUT2D eigenvalue weighted by molar-refractivity contribution is 9.10. The van der Waals surface area contributed by atoms with Gasteiger partial charge in [0.2, 0.25) is 0 Å². The first kappa shape index (κ1) is 10.8. The fraction of sp³-hybridized carbons (Fsp3) is 0.667. The molecule has 0 aliphatic rings. The maximum atomic E-state index is 4.57. The molecule has 1 aromatic rings. The molecule has 4 heteroatoms. The van der Waals surface area contributed by atoms with E-state index in [-0.39, 0.29) is 5.41 Å². The van der Waals surface area contributed by atoms with Gasteiger partial charge in [0.25, 0.3) is 0 Å². The number of hydrogen-bond acceptors (Lipinski definition) is 1. The Balaban J connectivity index is 3.25. The standard InChI is InChI=1S/C9H16BBrN2/c1-5-13-8(10)6(11)7(12-13)9(2,3)4/h5,10H2,1-4H3. The SMILES string of the molecule is Bc1c(Br)c(C(C)(C)C)nn1CC. The van der Waals surface area contributed by atoms with Crippen LogP contribution in [0.3, 0.4) is 0 Å². The average Bonchev–Trinajstić information content (AvgIpc) is 2.28. The summed E-state index contributed by atoms with van der Waals surface area (Å²) in [5.41, 5.74) is 2.48. The summed E-state index contributed by atoms with van der Waals surface area (Å²) in [4.78, 5) is 0. The Kier molecular flexibility index (Phi) is 2.90. The van der Waals surface area contributed by atoms with Crippen molar-refractivity contribution in [2.75, 3.05) is 0 Å². The molecule has 0 aromatic carbocycles. The Morgan fingerprint density at radius 2 is 2.00 bits per heavy atom. The monoisotopic (exact) mass is 242 g/mol. The van der Waals surface area contributed by atoms with Crippen molar-refractivity contribution in [1.82, 2.24) is 9.78 Å². The second kappa shape index (κ2) is 3.48. The molecule has 2 nitrogen and oxygen atoms in total. The number of hydrogen-bond donors (Lipinski definition) is 0. The lowest BCUT2D eigenvalue weighted by molar-refractivity contribution is 0.541. The van der Waals surface area contributed by atoms with E-state index in [1.165, 1.54) is 5.59 Å². The van der Waals surface area contributed by atoms with Crippen molar-refractivity contribution in [3.8, 4) is 0 Å². The molecule has 0 saturated heterocycles. The predicted octanol–water partition coefficient (Wildman–Crippen LogP) is 1.22. The maximum Gasteiger partial charge on any atom is 0.165 e. The highest BCUT2D eigenvalue weighted by atomic mass is 79.9. The van der Waals surface area contributed by atoms with Gasteiger partial charge in [-0.2, -0.15) is 5.10 Å². The molecule has 0 aliphatic heterocycles. The third-order valence-electron chi connectivity index (χ3n) is 2.14. The molecule has 1 rings (SSSR count). The van der Waals surface area contributed by atoms with Gasteiger partial charge in [0.05, 0.1) is 10.2 Å². The highest BCUT2D eigenvalue weighted by Gasteiger charge is 2.22. The molecule has 0 saturated carbocycles. The van der Waals surface area contributed by atoms with Gasteiger partial charge in [-0.15, -0.1) is 0 Å². The van der Waals surface area contributed by atoms with Crippen LogP contribution in [0.4, 0.5) is 0 Å². The van der Waals surface area contributed by atoms with E-state index in [1.807, 2.05) is 4.68 Å². The quantitative estimate of drug-likeness (QED) is 0.678. The number of aromatic nitrogens is 2. The molecule has 13 heavy (non-hydrogen) atoms. The topological polar surface area (TPSA) is 17.8 Å². The molecular weight excluding hydrogens is 227 g/mol. The first-order valence-corrected chi connectivity index (χ1v) is 5.40. The van der Waals surface area contributed by atoms with Gasteiger partial charge in [0, 0.05) is 17.6 Å². The molecule has 0 atom stereocenters. The molecule has 0 bridgehead atoms. The average molecular weight is 243 g/mol. The largest absolute Gasteiger partial charge is 0.278 e. The summed E-state index contributed by atoms with van der Waals surface area (Å²) < 4.78 is 3.19. The van der Waals surface area contributed by atoms with Gasteiger partial charge in [0.1, 0.15) is 0 Å². The number of halogens is 1. The number of rotatable bonds is 1. The lowest BCUT2D eigenvalue weighted by Gasteiger charge is -2.15. The van der Waals surface area contributed by atoms with Gasteiger partial charge in [-0.25, -0.2) is 0 Å². The van der Waals surface area contributed by atoms with Gasteiger partial charge in [-0.3, -0.25) is 4.68 Å². The Labute approximate surface area is 89.2 Å². The van der Waals surface area contributed by atoms with E-state index >= 15 is 0 Å². The first-order valence-electron chi connectivity index (χ1n) is 4.61. The van der Waals surface area contributed by atoms with Crippen LogP contribution in [-0.2, 0) is 12.0 Å². The summed E-state index contributed by atoms with van der Waals surface area (Å²) in [5, 5.41) is 4.57. The Morgan fingerprint density at radius 3 is 2.23 bits per heavy atom. The van der Waals surface area contributed by atoms with Crippen LogP contribution in [0.1, 0.15) is 33.4 Å². The molecule has 1 aromatic heterocycles. The second-order valence-corrected chi connectivity index (χ2v) is 5.11. The van der Waals surface area contributed by atoms with Crippen LogP contribution in [-0.4, -0.2) is 17.6 Å². The Bertz CT molecular complexity index is 312. The maximum absolute atomic E-state index is 4.57. The van der Waals surface area contributed by atoms with E-state index in [4.69, 9.17) is 0 Å². The summed E-state index contributed by atoms with van der Waals surface area (Å²) in [6, 6.07) is 0. The molecular formula is C9H16BBrN2. The van der Waals surface area contributed by atoms with Crippen molar-refractivity contribution in [2.24, 2.45) is 0 Å². The summed E-state index contributed by atoms with van der Waals surface area (Å²) in [7, 11) is 2.09. The Morgan fingerprint density at radius 1 is 1.46 bits per heavy atom. The van der Waals surface area contributed by atoms with Crippen LogP contribution >= 0.6 is 15.9 Å². The summed E-state index contributed by atoms with van der Waals surface area (Å²) in [5.74, 6) is 0. The minimum absolute atomic E-state index is 0.115. The zero-order valence-electron chi connectivity index (χ0n) is 8.98. The molecule has 0 N–H and O–H groups in total. The van der Waals surface area contributed by atoms with E-state index in [0.29, 0.717) is 0 Å².